The van der Waals surface area contributed by atoms with Gasteiger partial charge in [-0.25, -0.2) is 0 Å². The fourth-order valence-corrected chi connectivity index (χ4v) is 1.56. The number of nitrogens with two attached hydrogens (primary N) is 1. The van der Waals surface area contributed by atoms with E-state index < -0.39 is 5.41 Å². The monoisotopic (exact) mass is 242 g/mol. The third-order valence-electron chi connectivity index (χ3n) is 3.03. The zero-order valence-electron chi connectivity index (χ0n) is 10.3. The SMILES string of the molecule is CN1CCN(C(=O)C(C)(C)C(N)=NO)CC1=O. The lowest BCUT2D eigenvalue weighted by Gasteiger charge is -2.36. The number of carbonyl (C=O) groups excluding carboxylic acids is 2. The number of nitrogens with zero attached hydrogens (tertiary/aromatic N) is 3. The van der Waals surface area contributed by atoms with Gasteiger partial charge in [-0.05, 0) is 13.8 Å². The van der Waals surface area contributed by atoms with Crippen LogP contribution in [0.5, 0.6) is 0 Å². The summed E-state index contributed by atoms with van der Waals surface area (Å²) < 4.78 is 0. The molecule has 1 rings (SSSR count). The second-order valence-electron chi connectivity index (χ2n) is 4.65. The van der Waals surface area contributed by atoms with Gasteiger partial charge in [-0.2, -0.15) is 0 Å². The van der Waals surface area contributed by atoms with E-state index in [4.69, 9.17) is 10.9 Å². The number of amidine groups is 1. The number of likely N-dealkylation sites (N-methyl/N-ethyl adjacent to an activating group) is 1. The molecular formula is C10H18N4O3. The smallest absolute Gasteiger partial charge is 0.241 e. The van der Waals surface area contributed by atoms with E-state index >= 15 is 0 Å². The van der Waals surface area contributed by atoms with Crippen LogP contribution >= 0.6 is 0 Å². The second-order valence-corrected chi connectivity index (χ2v) is 4.65. The standard InChI is InChI=1S/C10H18N4O3/c1-10(2,8(11)12-17)9(16)14-5-4-13(3)7(15)6-14/h17H,4-6H2,1-3H3,(H2,11,12). The van der Waals surface area contributed by atoms with Gasteiger partial charge in [0.25, 0.3) is 0 Å². The summed E-state index contributed by atoms with van der Waals surface area (Å²) in [6, 6.07) is 0. The molecule has 96 valence electrons. The molecule has 0 spiro atoms. The molecule has 0 saturated carbocycles. The zero-order chi connectivity index (χ0) is 13.2. The van der Waals surface area contributed by atoms with Crippen molar-refractivity contribution in [2.75, 3.05) is 26.7 Å². The van der Waals surface area contributed by atoms with Crippen molar-refractivity contribution in [1.82, 2.24) is 9.80 Å². The van der Waals surface area contributed by atoms with Gasteiger partial charge in [0.15, 0.2) is 5.84 Å². The van der Waals surface area contributed by atoms with Gasteiger partial charge < -0.3 is 20.7 Å². The number of piperazine rings is 1. The molecule has 0 aromatic rings. The third kappa shape index (κ3) is 2.48. The summed E-state index contributed by atoms with van der Waals surface area (Å²) in [5.41, 5.74) is 4.37. The molecule has 0 aromatic heterocycles. The van der Waals surface area contributed by atoms with Crippen molar-refractivity contribution in [3.8, 4) is 0 Å². The van der Waals surface area contributed by atoms with Gasteiger partial charge in [-0.15, -0.1) is 0 Å². The normalized spacial score (nSPS) is 18.5. The Morgan fingerprint density at radius 2 is 2.06 bits per heavy atom. The Hall–Kier alpha value is -1.79. The summed E-state index contributed by atoms with van der Waals surface area (Å²) in [6.45, 7) is 4.12. The van der Waals surface area contributed by atoms with Crippen LogP contribution in [-0.2, 0) is 9.59 Å². The zero-order valence-corrected chi connectivity index (χ0v) is 10.3. The van der Waals surface area contributed by atoms with Crippen LogP contribution in [0.15, 0.2) is 5.16 Å². The van der Waals surface area contributed by atoms with E-state index in [1.54, 1.807) is 25.8 Å². The average Bonchev–Trinajstić information content (AvgIpc) is 2.30. The van der Waals surface area contributed by atoms with Gasteiger partial charge >= 0.3 is 0 Å². The minimum atomic E-state index is -1.11. The molecule has 3 N–H and O–H groups in total. The fourth-order valence-electron chi connectivity index (χ4n) is 1.56. The summed E-state index contributed by atoms with van der Waals surface area (Å²) in [4.78, 5) is 26.7. The number of hydrogen-bond donors (Lipinski definition) is 2. The Morgan fingerprint density at radius 1 is 1.47 bits per heavy atom. The van der Waals surface area contributed by atoms with Crippen molar-refractivity contribution in [2.24, 2.45) is 16.3 Å². The fraction of sp³-hybridized carbons (Fsp3) is 0.700. The molecule has 0 unspecified atom stereocenters. The van der Waals surface area contributed by atoms with E-state index in [1.807, 2.05) is 0 Å². The van der Waals surface area contributed by atoms with E-state index in [0.29, 0.717) is 13.1 Å². The highest BCUT2D eigenvalue weighted by molar-refractivity contribution is 6.06. The van der Waals surface area contributed by atoms with E-state index in [1.165, 1.54) is 4.90 Å². The van der Waals surface area contributed by atoms with Crippen molar-refractivity contribution in [3.05, 3.63) is 0 Å². The van der Waals surface area contributed by atoms with Gasteiger partial charge in [0.1, 0.15) is 5.41 Å². The number of oxime groups is 1. The third-order valence-corrected chi connectivity index (χ3v) is 3.03. The van der Waals surface area contributed by atoms with Gasteiger partial charge in [0.2, 0.25) is 11.8 Å². The molecule has 0 bridgehead atoms. The summed E-state index contributed by atoms with van der Waals surface area (Å²) in [6.07, 6.45) is 0. The first-order valence-corrected chi connectivity index (χ1v) is 5.32. The molecule has 1 aliphatic rings. The van der Waals surface area contributed by atoms with Gasteiger partial charge in [-0.1, -0.05) is 5.16 Å². The van der Waals surface area contributed by atoms with Crippen LogP contribution in [0.1, 0.15) is 13.8 Å². The van der Waals surface area contributed by atoms with Gasteiger partial charge in [-0.3, -0.25) is 9.59 Å². The van der Waals surface area contributed by atoms with Crippen LogP contribution in [0.3, 0.4) is 0 Å². The summed E-state index contributed by atoms with van der Waals surface area (Å²) >= 11 is 0. The molecule has 0 radical (unpaired) electrons. The number of carbonyl (C=O) groups is 2. The van der Waals surface area contributed by atoms with Crippen molar-refractivity contribution in [2.45, 2.75) is 13.8 Å². The molecule has 7 heteroatoms. The van der Waals surface area contributed by atoms with Crippen LogP contribution in [0.4, 0.5) is 0 Å². The minimum absolute atomic E-state index is 0.0392. The van der Waals surface area contributed by atoms with Crippen molar-refractivity contribution >= 4 is 17.6 Å². The van der Waals surface area contributed by atoms with Gasteiger partial charge in [0.05, 0.1) is 6.54 Å². The quantitative estimate of drug-likeness (QED) is 0.282. The lowest BCUT2D eigenvalue weighted by atomic mass is 9.90. The van der Waals surface area contributed by atoms with Crippen LogP contribution in [0.25, 0.3) is 0 Å². The van der Waals surface area contributed by atoms with Crippen LogP contribution in [0.2, 0.25) is 0 Å². The Bertz CT molecular complexity index is 365. The Labute approximate surface area is 99.8 Å². The lowest BCUT2D eigenvalue weighted by molar-refractivity contribution is -0.147. The topological polar surface area (TPSA) is 99.2 Å². The van der Waals surface area contributed by atoms with E-state index in [2.05, 4.69) is 5.16 Å². The van der Waals surface area contributed by atoms with Gasteiger partial charge in [0, 0.05) is 20.1 Å². The summed E-state index contributed by atoms with van der Waals surface area (Å²) in [7, 11) is 1.69. The molecule has 0 aromatic carbocycles. The largest absolute Gasteiger partial charge is 0.409 e. The van der Waals surface area contributed by atoms with Crippen molar-refractivity contribution in [1.29, 1.82) is 0 Å². The highest BCUT2D eigenvalue weighted by Gasteiger charge is 2.38. The average molecular weight is 242 g/mol. The Morgan fingerprint density at radius 3 is 2.53 bits per heavy atom. The maximum absolute atomic E-state index is 12.2. The molecule has 0 aliphatic carbocycles. The first kappa shape index (κ1) is 13.3. The predicted octanol–water partition coefficient (Wildman–Crippen LogP) is -0.940. The summed E-state index contributed by atoms with van der Waals surface area (Å²) in [5, 5.41) is 11.5. The highest BCUT2D eigenvalue weighted by atomic mass is 16.4. The minimum Gasteiger partial charge on any atom is -0.409 e. The van der Waals surface area contributed by atoms with E-state index in [-0.39, 0.29) is 24.2 Å². The van der Waals surface area contributed by atoms with Crippen LogP contribution < -0.4 is 5.73 Å². The maximum Gasteiger partial charge on any atom is 0.241 e. The first-order chi connectivity index (χ1) is 7.80. The van der Waals surface area contributed by atoms with Crippen LogP contribution in [-0.4, -0.2) is 59.3 Å². The van der Waals surface area contributed by atoms with E-state index in [9.17, 15) is 9.59 Å². The molecular weight excluding hydrogens is 224 g/mol. The molecule has 17 heavy (non-hydrogen) atoms. The molecule has 0 atom stereocenters. The van der Waals surface area contributed by atoms with Crippen LogP contribution in [0, 0.1) is 5.41 Å². The number of rotatable bonds is 2. The van der Waals surface area contributed by atoms with E-state index in [0.717, 1.165) is 0 Å². The lowest BCUT2D eigenvalue weighted by Crippen LogP contribution is -2.56. The van der Waals surface area contributed by atoms with Crippen molar-refractivity contribution < 1.29 is 14.8 Å². The second kappa shape index (κ2) is 4.60. The Balaban J connectivity index is 2.81. The first-order valence-electron chi connectivity index (χ1n) is 5.32. The molecule has 1 saturated heterocycles. The highest BCUT2D eigenvalue weighted by Crippen LogP contribution is 2.20. The maximum atomic E-state index is 12.2. The molecule has 1 fully saturated rings. The molecule has 1 aliphatic heterocycles. The molecule has 1 heterocycles. The summed E-state index contributed by atoms with van der Waals surface area (Å²) in [5.74, 6) is -0.581. The van der Waals surface area contributed by atoms with Crippen molar-refractivity contribution in [3.63, 3.8) is 0 Å². The Kier molecular flexibility index (Phi) is 3.59. The molecule has 7 nitrogen and oxygen atoms in total. The number of hydrogen-bond acceptors (Lipinski definition) is 4. The molecule has 2 amide bonds. The predicted molar refractivity (Wildman–Crippen MR) is 61.4 cm³/mol. The number of amides is 2.